The van der Waals surface area contributed by atoms with Crippen molar-refractivity contribution in [2.75, 3.05) is 0 Å². The third kappa shape index (κ3) is 2.39. The first-order valence-electron chi connectivity index (χ1n) is 6.99. The molecule has 3 rings (SSSR count). The molecule has 100 valence electrons. The SMILES string of the molecule is CC1C(=CCc2ccccc2)C(O)=Cc2ccccc21. The molecule has 1 aliphatic rings. The van der Waals surface area contributed by atoms with Crippen LogP contribution in [0.15, 0.2) is 72.0 Å². The lowest BCUT2D eigenvalue weighted by Crippen LogP contribution is -2.08. The van der Waals surface area contributed by atoms with E-state index in [9.17, 15) is 5.11 Å². The summed E-state index contributed by atoms with van der Waals surface area (Å²) in [6, 6.07) is 18.6. The monoisotopic (exact) mass is 262 g/mol. The summed E-state index contributed by atoms with van der Waals surface area (Å²) in [4.78, 5) is 0. The Labute approximate surface area is 119 Å². The normalized spacial score (nSPS) is 19.6. The van der Waals surface area contributed by atoms with E-state index in [0.29, 0.717) is 5.76 Å². The number of rotatable bonds is 2. The summed E-state index contributed by atoms with van der Waals surface area (Å²) in [5, 5.41) is 10.3. The molecule has 2 aromatic carbocycles. The Hall–Kier alpha value is -2.28. The average Bonchev–Trinajstić information content (AvgIpc) is 2.48. The van der Waals surface area contributed by atoms with E-state index in [1.807, 2.05) is 30.3 Å². The van der Waals surface area contributed by atoms with Crippen LogP contribution in [-0.4, -0.2) is 5.11 Å². The summed E-state index contributed by atoms with van der Waals surface area (Å²) >= 11 is 0. The molecule has 0 heterocycles. The van der Waals surface area contributed by atoms with Gasteiger partial charge in [-0.05, 0) is 34.8 Å². The minimum Gasteiger partial charge on any atom is -0.508 e. The first kappa shape index (κ1) is 12.7. The Bertz CT molecular complexity index is 665. The molecule has 0 radical (unpaired) electrons. The summed E-state index contributed by atoms with van der Waals surface area (Å²) in [7, 11) is 0. The van der Waals surface area contributed by atoms with Crippen molar-refractivity contribution < 1.29 is 5.11 Å². The van der Waals surface area contributed by atoms with Crippen molar-refractivity contribution in [3.05, 3.63) is 88.7 Å². The molecule has 1 heteroatoms. The van der Waals surface area contributed by atoms with E-state index in [-0.39, 0.29) is 5.92 Å². The zero-order chi connectivity index (χ0) is 13.9. The van der Waals surface area contributed by atoms with E-state index in [4.69, 9.17) is 0 Å². The fourth-order valence-electron chi connectivity index (χ4n) is 2.78. The van der Waals surface area contributed by atoms with Crippen LogP contribution in [0.5, 0.6) is 0 Å². The fourth-order valence-corrected chi connectivity index (χ4v) is 2.78. The highest BCUT2D eigenvalue weighted by Gasteiger charge is 2.21. The number of aliphatic hydroxyl groups is 1. The molecule has 1 unspecified atom stereocenters. The van der Waals surface area contributed by atoms with Gasteiger partial charge >= 0.3 is 0 Å². The molecule has 0 saturated carbocycles. The van der Waals surface area contributed by atoms with Gasteiger partial charge in [0.05, 0.1) is 0 Å². The second-order valence-electron chi connectivity index (χ2n) is 5.23. The number of benzene rings is 2. The lowest BCUT2D eigenvalue weighted by atomic mass is 9.83. The molecule has 2 aromatic rings. The van der Waals surface area contributed by atoms with Crippen molar-refractivity contribution in [1.29, 1.82) is 0 Å². The first-order valence-corrected chi connectivity index (χ1v) is 6.99. The summed E-state index contributed by atoms with van der Waals surface area (Å²) in [5.74, 6) is 0.632. The quantitative estimate of drug-likeness (QED) is 0.818. The lowest BCUT2D eigenvalue weighted by Gasteiger charge is -2.23. The third-order valence-corrected chi connectivity index (χ3v) is 3.92. The van der Waals surface area contributed by atoms with Gasteiger partial charge < -0.3 is 5.11 Å². The van der Waals surface area contributed by atoms with Gasteiger partial charge in [0.15, 0.2) is 0 Å². The number of fused-ring (bicyclic) bond motifs is 1. The van der Waals surface area contributed by atoms with Gasteiger partial charge in [0.25, 0.3) is 0 Å². The Morgan fingerprint density at radius 2 is 1.70 bits per heavy atom. The molecule has 1 aliphatic carbocycles. The standard InChI is InChI=1S/C19H18O/c1-14-17-10-6-5-9-16(17)13-19(20)18(14)12-11-15-7-3-2-4-8-15/h2-10,12-14,20H,11H2,1H3. The number of hydrogen-bond donors (Lipinski definition) is 1. The van der Waals surface area contributed by atoms with Gasteiger partial charge in [-0.1, -0.05) is 67.6 Å². The largest absolute Gasteiger partial charge is 0.508 e. The Morgan fingerprint density at radius 3 is 2.50 bits per heavy atom. The van der Waals surface area contributed by atoms with Crippen LogP contribution in [0.1, 0.15) is 29.5 Å². The number of hydrogen-bond acceptors (Lipinski definition) is 1. The fraction of sp³-hybridized carbons (Fsp3) is 0.158. The second kappa shape index (κ2) is 5.38. The molecule has 0 fully saturated rings. The minimum absolute atomic E-state index is 0.236. The first-order chi connectivity index (χ1) is 9.75. The predicted molar refractivity (Wildman–Crippen MR) is 83.7 cm³/mol. The van der Waals surface area contributed by atoms with Crippen LogP contribution in [0.25, 0.3) is 6.08 Å². The highest BCUT2D eigenvalue weighted by atomic mass is 16.3. The molecule has 0 aromatic heterocycles. The van der Waals surface area contributed by atoms with E-state index >= 15 is 0 Å². The summed E-state index contributed by atoms with van der Waals surface area (Å²) in [6.45, 7) is 2.15. The van der Waals surface area contributed by atoms with Crippen LogP contribution < -0.4 is 0 Å². The van der Waals surface area contributed by atoms with Gasteiger partial charge in [-0.25, -0.2) is 0 Å². The van der Waals surface area contributed by atoms with E-state index in [1.165, 1.54) is 11.1 Å². The predicted octanol–water partition coefficient (Wildman–Crippen LogP) is 4.87. The van der Waals surface area contributed by atoms with Crippen molar-refractivity contribution >= 4 is 6.08 Å². The lowest BCUT2D eigenvalue weighted by molar-refractivity contribution is 0.418. The van der Waals surface area contributed by atoms with Crippen molar-refractivity contribution in [3.63, 3.8) is 0 Å². The maximum atomic E-state index is 10.3. The summed E-state index contributed by atoms with van der Waals surface area (Å²) in [5.41, 5.74) is 4.69. The molecule has 1 N–H and O–H groups in total. The Balaban J connectivity index is 1.92. The van der Waals surface area contributed by atoms with Gasteiger partial charge in [0, 0.05) is 5.92 Å². The highest BCUT2D eigenvalue weighted by Crippen LogP contribution is 2.36. The topological polar surface area (TPSA) is 20.2 Å². The Morgan fingerprint density at radius 1 is 1.00 bits per heavy atom. The number of aliphatic hydroxyl groups excluding tert-OH is 1. The van der Waals surface area contributed by atoms with Crippen molar-refractivity contribution in [3.8, 4) is 0 Å². The van der Waals surface area contributed by atoms with Gasteiger partial charge in [0.2, 0.25) is 0 Å². The molecule has 0 spiro atoms. The van der Waals surface area contributed by atoms with Crippen molar-refractivity contribution in [1.82, 2.24) is 0 Å². The highest BCUT2D eigenvalue weighted by molar-refractivity contribution is 5.66. The molecule has 0 aliphatic heterocycles. The van der Waals surface area contributed by atoms with Crippen LogP contribution in [0, 0.1) is 0 Å². The summed E-state index contributed by atoms with van der Waals surface area (Å²) < 4.78 is 0. The zero-order valence-electron chi connectivity index (χ0n) is 11.6. The van der Waals surface area contributed by atoms with E-state index in [2.05, 4.69) is 43.3 Å². The maximum absolute atomic E-state index is 10.3. The molecule has 20 heavy (non-hydrogen) atoms. The van der Waals surface area contributed by atoms with Gasteiger partial charge in [-0.3, -0.25) is 0 Å². The summed E-state index contributed by atoms with van der Waals surface area (Å²) in [6.07, 6.45) is 4.86. The van der Waals surface area contributed by atoms with Crippen LogP contribution in [-0.2, 0) is 6.42 Å². The van der Waals surface area contributed by atoms with E-state index < -0.39 is 0 Å². The average molecular weight is 262 g/mol. The van der Waals surface area contributed by atoms with Crippen molar-refractivity contribution in [2.24, 2.45) is 0 Å². The van der Waals surface area contributed by atoms with Gasteiger partial charge in [-0.2, -0.15) is 0 Å². The minimum atomic E-state index is 0.236. The maximum Gasteiger partial charge on any atom is 0.119 e. The van der Waals surface area contributed by atoms with Crippen LogP contribution in [0.3, 0.4) is 0 Å². The molecule has 0 bridgehead atoms. The molecule has 0 saturated heterocycles. The molecule has 0 amide bonds. The van der Waals surface area contributed by atoms with Crippen LogP contribution >= 0.6 is 0 Å². The van der Waals surface area contributed by atoms with Crippen LogP contribution in [0.4, 0.5) is 0 Å². The molecule has 1 nitrogen and oxygen atoms in total. The molecular weight excluding hydrogens is 244 g/mol. The van der Waals surface area contributed by atoms with Crippen LogP contribution in [0.2, 0.25) is 0 Å². The Kier molecular flexibility index (Phi) is 3.42. The molecular formula is C19H18O. The second-order valence-corrected chi connectivity index (χ2v) is 5.23. The van der Waals surface area contributed by atoms with Crippen molar-refractivity contribution in [2.45, 2.75) is 19.3 Å². The van der Waals surface area contributed by atoms with E-state index in [1.54, 1.807) is 0 Å². The number of allylic oxidation sites excluding steroid dienone is 2. The smallest absolute Gasteiger partial charge is 0.119 e. The zero-order valence-corrected chi connectivity index (χ0v) is 11.6. The molecule has 1 atom stereocenters. The van der Waals surface area contributed by atoms with Gasteiger partial charge in [-0.15, -0.1) is 0 Å². The van der Waals surface area contributed by atoms with Gasteiger partial charge in [0.1, 0.15) is 5.76 Å². The third-order valence-electron chi connectivity index (χ3n) is 3.92. The van der Waals surface area contributed by atoms with E-state index in [0.717, 1.165) is 17.6 Å².